The minimum Gasteiger partial charge on any atom is -0.504 e. The van der Waals surface area contributed by atoms with Gasteiger partial charge in [0.15, 0.2) is 11.5 Å². The largest absolute Gasteiger partial charge is 0.504 e. The van der Waals surface area contributed by atoms with Gasteiger partial charge >= 0.3 is 11.9 Å². The molecule has 9 heteroatoms. The summed E-state index contributed by atoms with van der Waals surface area (Å²) < 4.78 is 16.9. The zero-order valence-electron chi connectivity index (χ0n) is 23.4. The second kappa shape index (κ2) is 14.8. The van der Waals surface area contributed by atoms with Gasteiger partial charge in [0.2, 0.25) is 0 Å². The van der Waals surface area contributed by atoms with Gasteiger partial charge in [0, 0.05) is 33.4 Å². The third-order valence-electron chi connectivity index (χ3n) is 7.64. The van der Waals surface area contributed by atoms with Crippen LogP contribution in [0.1, 0.15) is 76.3 Å². The Morgan fingerprint density at radius 2 is 1.87 bits per heavy atom. The molecule has 1 heterocycles. The standard InChI is InChI=1S/C30H44N2O7/c1-19(34)38-25(16-28(39-20(2)35)24-8-6-4-5-7-21(13-24)18-33)10-9-22-14-29(37-3)27(36)17-26(22)23-11-12-32-30(31)15-23/h11,14-15,17,21,24-25,28,32-33,36H,4-10,12-13,16,18,31H2,1-3H3/t21-,24+,25-,28-/m1/s1. The fourth-order valence-electron chi connectivity index (χ4n) is 5.76. The number of phenolic OH excluding ortho intramolecular Hbond substituents is 1. The van der Waals surface area contributed by atoms with E-state index in [1.807, 2.05) is 12.2 Å². The molecule has 3 rings (SSSR count). The molecule has 0 bridgehead atoms. The number of esters is 2. The molecule has 1 saturated carbocycles. The quantitative estimate of drug-likeness (QED) is 0.305. The second-order valence-electron chi connectivity index (χ2n) is 10.7. The summed E-state index contributed by atoms with van der Waals surface area (Å²) in [5.41, 5.74) is 8.61. The molecule has 1 fully saturated rings. The van der Waals surface area contributed by atoms with Gasteiger partial charge in [0.25, 0.3) is 0 Å². The molecule has 216 valence electrons. The van der Waals surface area contributed by atoms with E-state index in [1.54, 1.807) is 12.1 Å². The van der Waals surface area contributed by atoms with E-state index in [1.165, 1.54) is 21.0 Å². The SMILES string of the molecule is COc1cc(CC[C@H](C[C@@H](OC(C)=O)[C@H]2CCCCC[C@@H](CO)C2)OC(C)=O)c(C2=CCNC(N)=C2)cc1O. The van der Waals surface area contributed by atoms with Crippen molar-refractivity contribution in [2.24, 2.45) is 17.6 Å². The number of aliphatic hydroxyl groups is 1. The predicted molar refractivity (Wildman–Crippen MR) is 149 cm³/mol. The van der Waals surface area contributed by atoms with Crippen LogP contribution in [0.15, 0.2) is 30.1 Å². The van der Waals surface area contributed by atoms with Crippen molar-refractivity contribution in [2.75, 3.05) is 20.3 Å². The number of nitrogens with two attached hydrogens (primary N) is 1. The number of hydrogen-bond acceptors (Lipinski definition) is 9. The number of carbonyl (C=O) groups is 2. The van der Waals surface area contributed by atoms with Crippen LogP contribution in [0.4, 0.5) is 0 Å². The lowest BCUT2D eigenvalue weighted by Gasteiger charge is -2.33. The van der Waals surface area contributed by atoms with Crippen LogP contribution in [0.2, 0.25) is 0 Å². The lowest BCUT2D eigenvalue weighted by Crippen LogP contribution is -2.34. The Morgan fingerprint density at radius 1 is 1.13 bits per heavy atom. The van der Waals surface area contributed by atoms with Crippen LogP contribution in [0.3, 0.4) is 0 Å². The first kappa shape index (κ1) is 30.3. The number of phenols is 1. The highest BCUT2D eigenvalue weighted by Gasteiger charge is 2.31. The summed E-state index contributed by atoms with van der Waals surface area (Å²) in [5.74, 6) is 0.414. The molecule has 0 saturated heterocycles. The van der Waals surface area contributed by atoms with Gasteiger partial charge in [0.05, 0.1) is 12.9 Å². The zero-order valence-corrected chi connectivity index (χ0v) is 23.4. The molecule has 1 aliphatic heterocycles. The number of carbonyl (C=O) groups excluding carboxylic acids is 2. The Hall–Kier alpha value is -3.20. The molecule has 2 aliphatic rings. The topological polar surface area (TPSA) is 140 Å². The van der Waals surface area contributed by atoms with Gasteiger partial charge in [-0.25, -0.2) is 0 Å². The number of rotatable bonds is 11. The van der Waals surface area contributed by atoms with Crippen LogP contribution in [-0.4, -0.2) is 54.6 Å². The Kier molecular flexibility index (Phi) is 11.5. The van der Waals surface area contributed by atoms with Crippen molar-refractivity contribution in [3.8, 4) is 11.5 Å². The normalized spacial score (nSPS) is 21.2. The fraction of sp³-hybridized carbons (Fsp3) is 0.600. The van der Waals surface area contributed by atoms with Crippen molar-refractivity contribution >= 4 is 17.5 Å². The molecule has 1 aliphatic carbocycles. The lowest BCUT2D eigenvalue weighted by atomic mass is 9.80. The average Bonchev–Trinajstić information content (AvgIpc) is 2.86. The van der Waals surface area contributed by atoms with Gasteiger partial charge in [-0.1, -0.05) is 25.3 Å². The molecule has 4 atom stereocenters. The number of allylic oxidation sites excluding steroid dienone is 2. The van der Waals surface area contributed by atoms with Crippen LogP contribution < -0.4 is 15.8 Å². The average molecular weight is 545 g/mol. The van der Waals surface area contributed by atoms with E-state index in [2.05, 4.69) is 5.32 Å². The van der Waals surface area contributed by atoms with E-state index in [0.717, 1.165) is 55.2 Å². The number of dihydropyridines is 1. The summed E-state index contributed by atoms with van der Waals surface area (Å²) in [6, 6.07) is 3.47. The van der Waals surface area contributed by atoms with E-state index < -0.39 is 18.2 Å². The summed E-state index contributed by atoms with van der Waals surface area (Å²) >= 11 is 0. The summed E-state index contributed by atoms with van der Waals surface area (Å²) in [4.78, 5) is 24.2. The molecule has 5 N–H and O–H groups in total. The minimum atomic E-state index is -0.486. The maximum Gasteiger partial charge on any atom is 0.302 e. The highest BCUT2D eigenvalue weighted by atomic mass is 16.6. The van der Waals surface area contributed by atoms with Crippen molar-refractivity contribution in [3.63, 3.8) is 0 Å². The van der Waals surface area contributed by atoms with E-state index in [0.29, 0.717) is 37.4 Å². The minimum absolute atomic E-state index is 0.0248. The maximum absolute atomic E-state index is 12.1. The number of nitrogens with one attached hydrogen (secondary N) is 1. The summed E-state index contributed by atoms with van der Waals surface area (Å²) in [5, 5.41) is 23.4. The number of methoxy groups -OCH3 is 1. The van der Waals surface area contributed by atoms with E-state index >= 15 is 0 Å². The molecule has 0 radical (unpaired) electrons. The molecule has 9 nitrogen and oxygen atoms in total. The number of ether oxygens (including phenoxy) is 3. The first-order valence-electron chi connectivity index (χ1n) is 14.0. The number of aryl methyl sites for hydroxylation is 1. The lowest BCUT2D eigenvalue weighted by molar-refractivity contribution is -0.156. The monoisotopic (exact) mass is 544 g/mol. The third kappa shape index (κ3) is 9.20. The molecule has 1 aromatic carbocycles. The zero-order chi connectivity index (χ0) is 28.4. The van der Waals surface area contributed by atoms with E-state index in [9.17, 15) is 19.8 Å². The number of hydrogen-bond donors (Lipinski definition) is 4. The Morgan fingerprint density at radius 3 is 2.54 bits per heavy atom. The fourth-order valence-corrected chi connectivity index (χ4v) is 5.76. The summed E-state index contributed by atoms with van der Waals surface area (Å²) in [6.07, 6.45) is 10.2. The van der Waals surface area contributed by atoms with Crippen molar-refractivity contribution < 1.29 is 34.0 Å². The number of aliphatic hydroxyl groups excluding tert-OH is 1. The Balaban J connectivity index is 1.85. The first-order chi connectivity index (χ1) is 18.7. The summed E-state index contributed by atoms with van der Waals surface area (Å²) in [7, 11) is 1.50. The third-order valence-corrected chi connectivity index (χ3v) is 7.64. The smallest absolute Gasteiger partial charge is 0.302 e. The molecule has 1 aromatic rings. The Labute approximate surface area is 231 Å². The molecule has 0 unspecified atom stereocenters. The molecule has 0 aromatic heterocycles. The molecule has 39 heavy (non-hydrogen) atoms. The predicted octanol–water partition coefficient (Wildman–Crippen LogP) is 3.95. The maximum atomic E-state index is 12.1. The highest BCUT2D eigenvalue weighted by Crippen LogP contribution is 2.36. The first-order valence-corrected chi connectivity index (χ1v) is 14.0. The molecular formula is C30H44N2O7. The Bertz CT molecular complexity index is 1050. The van der Waals surface area contributed by atoms with E-state index in [-0.39, 0.29) is 30.2 Å². The second-order valence-corrected chi connectivity index (χ2v) is 10.7. The number of benzene rings is 1. The molecule has 0 amide bonds. The van der Waals surface area contributed by atoms with Crippen molar-refractivity contribution in [3.05, 3.63) is 41.2 Å². The highest BCUT2D eigenvalue weighted by molar-refractivity contribution is 5.79. The van der Waals surface area contributed by atoms with Gasteiger partial charge in [-0.3, -0.25) is 9.59 Å². The van der Waals surface area contributed by atoms with Gasteiger partial charge in [-0.15, -0.1) is 0 Å². The summed E-state index contributed by atoms with van der Waals surface area (Å²) in [6.45, 7) is 3.47. The van der Waals surface area contributed by atoms with Gasteiger partial charge in [-0.05, 0) is 78.8 Å². The number of aromatic hydroxyl groups is 1. The van der Waals surface area contributed by atoms with Crippen LogP contribution in [0.5, 0.6) is 11.5 Å². The molecular weight excluding hydrogens is 500 g/mol. The van der Waals surface area contributed by atoms with Gasteiger partial charge < -0.3 is 35.5 Å². The van der Waals surface area contributed by atoms with Crippen molar-refractivity contribution in [2.45, 2.75) is 83.8 Å². The van der Waals surface area contributed by atoms with E-state index in [4.69, 9.17) is 19.9 Å². The van der Waals surface area contributed by atoms with Crippen molar-refractivity contribution in [1.29, 1.82) is 0 Å². The van der Waals surface area contributed by atoms with Gasteiger partial charge in [-0.2, -0.15) is 0 Å². The molecule has 0 spiro atoms. The van der Waals surface area contributed by atoms with Gasteiger partial charge in [0.1, 0.15) is 12.2 Å². The van der Waals surface area contributed by atoms with Crippen LogP contribution in [0.25, 0.3) is 5.57 Å². The van der Waals surface area contributed by atoms with Crippen LogP contribution in [0, 0.1) is 11.8 Å². The van der Waals surface area contributed by atoms with Crippen molar-refractivity contribution in [1.82, 2.24) is 5.32 Å². The van der Waals surface area contributed by atoms with Crippen LogP contribution >= 0.6 is 0 Å². The van der Waals surface area contributed by atoms with Crippen LogP contribution in [-0.2, 0) is 25.5 Å².